The van der Waals surface area contributed by atoms with E-state index in [9.17, 15) is 18.0 Å². The first-order chi connectivity index (χ1) is 8.34. The number of nitrogens with zero attached hydrogens (tertiary/aromatic N) is 1. The molecular formula is C10H8ClF3N2O2. The van der Waals surface area contributed by atoms with Gasteiger partial charge in [0.15, 0.2) is 0 Å². The number of nitrogens with one attached hydrogen (secondary N) is 1. The summed E-state index contributed by atoms with van der Waals surface area (Å²) in [4.78, 5) is 10.9. The van der Waals surface area contributed by atoms with Crippen LogP contribution in [0.2, 0.25) is 0 Å². The first kappa shape index (κ1) is 14.3. The maximum atomic E-state index is 12.4. The molecule has 1 aromatic carbocycles. The predicted molar refractivity (Wildman–Crippen MR) is 60.4 cm³/mol. The molecule has 0 saturated heterocycles. The van der Waals surface area contributed by atoms with Gasteiger partial charge in [-0.1, -0.05) is 17.7 Å². The number of rotatable bonds is 3. The third-order valence-electron chi connectivity index (χ3n) is 1.83. The number of hydrogen-bond acceptors (Lipinski definition) is 4. The summed E-state index contributed by atoms with van der Waals surface area (Å²) in [6.07, 6.45) is -4.45. The van der Waals surface area contributed by atoms with Gasteiger partial charge in [0.2, 0.25) is 5.17 Å². The summed E-state index contributed by atoms with van der Waals surface area (Å²) in [7, 11) is 1.10. The van der Waals surface area contributed by atoms with Crippen LogP contribution in [0.1, 0.15) is 5.56 Å². The summed E-state index contributed by atoms with van der Waals surface area (Å²) in [5.41, 5.74) is 1.44. The summed E-state index contributed by atoms with van der Waals surface area (Å²) < 4.78 is 41.4. The van der Waals surface area contributed by atoms with Crippen molar-refractivity contribution in [2.24, 2.45) is 5.10 Å². The van der Waals surface area contributed by atoms with E-state index in [1.54, 1.807) is 0 Å². The van der Waals surface area contributed by atoms with Gasteiger partial charge in [-0.25, -0.2) is 4.79 Å². The minimum Gasteiger partial charge on any atom is -0.464 e. The molecule has 0 spiro atoms. The third kappa shape index (κ3) is 3.92. The van der Waals surface area contributed by atoms with Crippen LogP contribution in [-0.2, 0) is 15.7 Å². The van der Waals surface area contributed by atoms with Crippen molar-refractivity contribution in [3.05, 3.63) is 29.8 Å². The third-order valence-corrected chi connectivity index (χ3v) is 2.07. The lowest BCUT2D eigenvalue weighted by atomic mass is 10.2. The Morgan fingerprint density at radius 3 is 2.67 bits per heavy atom. The van der Waals surface area contributed by atoms with Crippen molar-refractivity contribution in [2.45, 2.75) is 6.18 Å². The van der Waals surface area contributed by atoms with Gasteiger partial charge in [-0.3, -0.25) is 5.43 Å². The fourth-order valence-electron chi connectivity index (χ4n) is 1.01. The number of carbonyl (C=O) groups is 1. The molecule has 0 aliphatic heterocycles. The normalized spacial score (nSPS) is 12.2. The first-order valence-corrected chi connectivity index (χ1v) is 4.97. The van der Waals surface area contributed by atoms with E-state index in [0.29, 0.717) is 0 Å². The molecule has 0 aliphatic carbocycles. The van der Waals surface area contributed by atoms with E-state index in [1.165, 1.54) is 12.1 Å². The molecule has 0 unspecified atom stereocenters. The minimum absolute atomic E-state index is 0.0480. The van der Waals surface area contributed by atoms with E-state index in [0.717, 1.165) is 19.2 Å². The van der Waals surface area contributed by atoms with Crippen molar-refractivity contribution < 1.29 is 22.7 Å². The molecule has 0 atom stereocenters. The second-order valence-corrected chi connectivity index (χ2v) is 3.44. The van der Waals surface area contributed by atoms with Gasteiger partial charge < -0.3 is 4.74 Å². The van der Waals surface area contributed by atoms with Crippen molar-refractivity contribution in [3.8, 4) is 0 Å². The number of hydrazone groups is 1. The molecule has 0 radical (unpaired) electrons. The number of hydrogen-bond donors (Lipinski definition) is 1. The van der Waals surface area contributed by atoms with E-state index in [1.807, 2.05) is 0 Å². The van der Waals surface area contributed by atoms with Crippen molar-refractivity contribution in [3.63, 3.8) is 0 Å². The van der Waals surface area contributed by atoms with Gasteiger partial charge in [-0.05, 0) is 18.2 Å². The van der Waals surface area contributed by atoms with Gasteiger partial charge in [-0.2, -0.15) is 18.3 Å². The molecular weight excluding hydrogens is 273 g/mol. The van der Waals surface area contributed by atoms with Crippen LogP contribution in [0.5, 0.6) is 0 Å². The van der Waals surface area contributed by atoms with Gasteiger partial charge in [0, 0.05) is 0 Å². The zero-order valence-corrected chi connectivity index (χ0v) is 9.84. The lowest BCUT2D eigenvalue weighted by Crippen LogP contribution is -2.11. The van der Waals surface area contributed by atoms with Crippen LogP contribution in [0.15, 0.2) is 29.4 Å². The molecule has 1 aromatic rings. The van der Waals surface area contributed by atoms with Crippen LogP contribution >= 0.6 is 11.6 Å². The highest BCUT2D eigenvalue weighted by atomic mass is 35.5. The quantitative estimate of drug-likeness (QED) is 0.526. The zero-order valence-electron chi connectivity index (χ0n) is 9.08. The number of halogens is 4. The Morgan fingerprint density at radius 1 is 1.44 bits per heavy atom. The summed E-state index contributed by atoms with van der Waals surface area (Å²) in [6.45, 7) is 0. The maximum absolute atomic E-state index is 12.4. The fraction of sp³-hybridized carbons (Fsp3) is 0.200. The highest BCUT2D eigenvalue weighted by molar-refractivity contribution is 6.82. The Labute approximate surface area is 105 Å². The van der Waals surface area contributed by atoms with Crippen LogP contribution in [-0.4, -0.2) is 18.2 Å². The molecule has 4 nitrogen and oxygen atoms in total. The molecule has 8 heteroatoms. The van der Waals surface area contributed by atoms with E-state index in [2.05, 4.69) is 15.3 Å². The number of esters is 1. The number of benzene rings is 1. The van der Waals surface area contributed by atoms with Gasteiger partial charge in [-0.15, -0.1) is 0 Å². The summed E-state index contributed by atoms with van der Waals surface area (Å²) in [5.74, 6) is -0.892. The number of anilines is 1. The van der Waals surface area contributed by atoms with Gasteiger partial charge >= 0.3 is 12.1 Å². The highest BCUT2D eigenvalue weighted by Gasteiger charge is 2.30. The second kappa shape index (κ2) is 5.72. The molecule has 0 bridgehead atoms. The molecule has 0 saturated carbocycles. The van der Waals surface area contributed by atoms with Crippen molar-refractivity contribution in [2.75, 3.05) is 12.5 Å². The number of ether oxygens (including phenoxy) is 1. The fourth-order valence-corrected chi connectivity index (χ4v) is 1.13. The second-order valence-electron chi connectivity index (χ2n) is 3.08. The Bertz CT molecular complexity index is 474. The number of alkyl halides is 3. The molecule has 0 heterocycles. The van der Waals surface area contributed by atoms with E-state index < -0.39 is 22.9 Å². The lowest BCUT2D eigenvalue weighted by Gasteiger charge is -2.08. The van der Waals surface area contributed by atoms with Crippen molar-refractivity contribution in [1.82, 2.24) is 0 Å². The smallest absolute Gasteiger partial charge is 0.416 e. The average molecular weight is 281 g/mol. The Balaban J connectivity index is 2.84. The zero-order chi connectivity index (χ0) is 13.8. The van der Waals surface area contributed by atoms with Crippen LogP contribution < -0.4 is 5.43 Å². The van der Waals surface area contributed by atoms with Crippen LogP contribution in [0.4, 0.5) is 18.9 Å². The minimum atomic E-state index is -4.45. The molecule has 0 fully saturated rings. The van der Waals surface area contributed by atoms with Gasteiger partial charge in [0.1, 0.15) is 0 Å². The molecule has 0 aromatic heterocycles. The van der Waals surface area contributed by atoms with Crippen LogP contribution in [0.25, 0.3) is 0 Å². The first-order valence-electron chi connectivity index (χ1n) is 4.59. The Morgan fingerprint density at radius 2 is 2.11 bits per heavy atom. The number of methoxy groups -OCH3 is 1. The maximum Gasteiger partial charge on any atom is 0.416 e. The standard InChI is InChI=1S/C10H8ClF3N2O2/c1-18-9(17)8(11)16-15-7-4-2-3-6(5-7)10(12,13)14/h2-5,15H,1H3/b16-8+. The Kier molecular flexibility index (Phi) is 4.55. The van der Waals surface area contributed by atoms with Crippen molar-refractivity contribution in [1.29, 1.82) is 0 Å². The summed E-state index contributed by atoms with van der Waals surface area (Å²) in [6, 6.07) is 4.30. The molecule has 1 rings (SSSR count). The highest BCUT2D eigenvalue weighted by Crippen LogP contribution is 2.30. The molecule has 0 amide bonds. The summed E-state index contributed by atoms with van der Waals surface area (Å²) >= 11 is 5.40. The molecule has 18 heavy (non-hydrogen) atoms. The van der Waals surface area contributed by atoms with E-state index >= 15 is 0 Å². The largest absolute Gasteiger partial charge is 0.464 e. The van der Waals surface area contributed by atoms with Crippen LogP contribution in [0, 0.1) is 0 Å². The molecule has 0 aliphatic rings. The topological polar surface area (TPSA) is 50.7 Å². The average Bonchev–Trinajstić information content (AvgIpc) is 2.34. The monoisotopic (exact) mass is 280 g/mol. The van der Waals surface area contributed by atoms with Crippen LogP contribution in [0.3, 0.4) is 0 Å². The van der Waals surface area contributed by atoms with E-state index in [4.69, 9.17) is 11.6 Å². The van der Waals surface area contributed by atoms with Crippen molar-refractivity contribution >= 4 is 28.4 Å². The van der Waals surface area contributed by atoms with E-state index in [-0.39, 0.29) is 5.69 Å². The molecule has 1 N–H and O–H groups in total. The SMILES string of the molecule is COC(=O)/C(Cl)=N\Nc1cccc(C(F)(F)F)c1. The van der Waals surface area contributed by atoms with Gasteiger partial charge in [0.25, 0.3) is 0 Å². The Hall–Kier alpha value is -1.76. The summed E-state index contributed by atoms with van der Waals surface area (Å²) in [5, 5.41) is 2.86. The molecule has 98 valence electrons. The van der Waals surface area contributed by atoms with Gasteiger partial charge in [0.05, 0.1) is 18.4 Å². The predicted octanol–water partition coefficient (Wildman–Crippen LogP) is 2.84. The lowest BCUT2D eigenvalue weighted by molar-refractivity contribution is -0.137. The number of carbonyl (C=O) groups excluding carboxylic acids is 1.